The van der Waals surface area contributed by atoms with Crippen LogP contribution in [-0.2, 0) is 19.1 Å². The lowest BCUT2D eigenvalue weighted by Crippen LogP contribution is -2.48. The maximum Gasteiger partial charge on any atom is 0.408 e. The van der Waals surface area contributed by atoms with Crippen LogP contribution in [0.3, 0.4) is 0 Å². The molecular weight excluding hydrogens is 252 g/mol. The average molecular weight is 274 g/mol. The molecule has 1 N–H and O–H groups in total. The van der Waals surface area contributed by atoms with Gasteiger partial charge in [0.05, 0.1) is 13.5 Å². The molecular formula is C12H22N2O5. The molecule has 0 aliphatic rings. The molecule has 0 aromatic rings. The predicted octanol–water partition coefficient (Wildman–Crippen LogP) is 0.531. The van der Waals surface area contributed by atoms with E-state index in [1.807, 2.05) is 0 Å². The average Bonchev–Trinajstić information content (AvgIpc) is 2.24. The molecule has 0 unspecified atom stereocenters. The number of nitrogens with one attached hydrogen (secondary N) is 1. The Hall–Kier alpha value is -1.79. The normalized spacial score (nSPS) is 12.3. The van der Waals surface area contributed by atoms with E-state index in [0.29, 0.717) is 0 Å². The minimum Gasteiger partial charge on any atom is -0.469 e. The molecule has 0 aliphatic heterocycles. The molecule has 7 heteroatoms. The molecule has 0 fully saturated rings. The van der Waals surface area contributed by atoms with Gasteiger partial charge in [0.1, 0.15) is 11.6 Å². The fraction of sp³-hybridized carbons (Fsp3) is 0.750. The van der Waals surface area contributed by atoms with Gasteiger partial charge < -0.3 is 19.7 Å². The number of carbonyl (C=O) groups is 3. The standard InChI is InChI=1S/C12H22N2O5/c1-12(2,3)19-11(17)13-8(7-9(15)18-6)10(16)14(4)5/h8H,7H2,1-6H3,(H,13,17)/t8-/m0/s1. The summed E-state index contributed by atoms with van der Waals surface area (Å²) in [6.45, 7) is 5.11. The van der Waals surface area contributed by atoms with E-state index in [1.165, 1.54) is 26.1 Å². The Morgan fingerprint density at radius 1 is 1.21 bits per heavy atom. The zero-order valence-corrected chi connectivity index (χ0v) is 12.3. The molecule has 0 aromatic heterocycles. The second-order valence-corrected chi connectivity index (χ2v) is 5.21. The van der Waals surface area contributed by atoms with Crippen LogP contribution in [0.15, 0.2) is 0 Å². The number of alkyl carbamates (subject to hydrolysis) is 1. The number of rotatable bonds is 4. The third-order valence-electron chi connectivity index (χ3n) is 2.03. The van der Waals surface area contributed by atoms with Gasteiger partial charge in [0.25, 0.3) is 0 Å². The molecule has 0 saturated heterocycles. The predicted molar refractivity (Wildman–Crippen MR) is 68.5 cm³/mol. The van der Waals surface area contributed by atoms with Gasteiger partial charge in [-0.25, -0.2) is 4.79 Å². The van der Waals surface area contributed by atoms with Crippen LogP contribution in [-0.4, -0.2) is 55.7 Å². The van der Waals surface area contributed by atoms with Crippen molar-refractivity contribution in [2.24, 2.45) is 0 Å². The van der Waals surface area contributed by atoms with E-state index < -0.39 is 29.6 Å². The minimum atomic E-state index is -1.00. The van der Waals surface area contributed by atoms with Crippen molar-refractivity contribution in [3.8, 4) is 0 Å². The summed E-state index contributed by atoms with van der Waals surface area (Å²) in [5, 5.41) is 2.37. The van der Waals surface area contributed by atoms with Crippen molar-refractivity contribution in [1.29, 1.82) is 0 Å². The molecule has 0 heterocycles. The Labute approximate surface area is 113 Å². The summed E-state index contributed by atoms with van der Waals surface area (Å²) < 4.78 is 9.53. The van der Waals surface area contributed by atoms with Gasteiger partial charge in [-0.2, -0.15) is 0 Å². The lowest BCUT2D eigenvalue weighted by Gasteiger charge is -2.24. The number of nitrogens with zero attached hydrogens (tertiary/aromatic N) is 1. The van der Waals surface area contributed by atoms with Crippen LogP contribution in [0, 0.1) is 0 Å². The Bertz CT molecular complexity index is 347. The summed E-state index contributed by atoms with van der Waals surface area (Å²) in [7, 11) is 4.28. The fourth-order valence-electron chi connectivity index (χ4n) is 1.21. The third-order valence-corrected chi connectivity index (χ3v) is 2.03. The van der Waals surface area contributed by atoms with Gasteiger partial charge in [0.2, 0.25) is 5.91 Å². The Balaban J connectivity index is 4.72. The molecule has 0 bridgehead atoms. The quantitative estimate of drug-likeness (QED) is 0.756. The highest BCUT2D eigenvalue weighted by molar-refractivity contribution is 5.89. The highest BCUT2D eigenvalue weighted by Gasteiger charge is 2.27. The number of ether oxygens (including phenoxy) is 2. The number of methoxy groups -OCH3 is 1. The van der Waals surface area contributed by atoms with E-state index in [1.54, 1.807) is 20.8 Å². The molecule has 0 aromatic carbocycles. The van der Waals surface area contributed by atoms with E-state index in [-0.39, 0.29) is 6.42 Å². The van der Waals surface area contributed by atoms with E-state index in [9.17, 15) is 14.4 Å². The minimum absolute atomic E-state index is 0.243. The van der Waals surface area contributed by atoms with Crippen LogP contribution in [0.4, 0.5) is 4.79 Å². The summed E-state index contributed by atoms with van der Waals surface area (Å²) in [5.74, 6) is -0.993. The first-order valence-electron chi connectivity index (χ1n) is 5.84. The van der Waals surface area contributed by atoms with Crippen molar-refractivity contribution >= 4 is 18.0 Å². The Kier molecular flexibility index (Phi) is 6.31. The highest BCUT2D eigenvalue weighted by Crippen LogP contribution is 2.08. The molecule has 2 amide bonds. The lowest BCUT2D eigenvalue weighted by molar-refractivity contribution is -0.144. The van der Waals surface area contributed by atoms with Crippen LogP contribution in [0.5, 0.6) is 0 Å². The molecule has 0 rings (SSSR count). The van der Waals surface area contributed by atoms with Crippen LogP contribution in [0.2, 0.25) is 0 Å². The van der Waals surface area contributed by atoms with Crippen LogP contribution >= 0.6 is 0 Å². The monoisotopic (exact) mass is 274 g/mol. The van der Waals surface area contributed by atoms with Crippen molar-refractivity contribution in [2.75, 3.05) is 21.2 Å². The largest absolute Gasteiger partial charge is 0.469 e. The van der Waals surface area contributed by atoms with Crippen molar-refractivity contribution in [3.05, 3.63) is 0 Å². The molecule has 0 saturated carbocycles. The molecule has 19 heavy (non-hydrogen) atoms. The Morgan fingerprint density at radius 3 is 2.11 bits per heavy atom. The van der Waals surface area contributed by atoms with E-state index >= 15 is 0 Å². The Morgan fingerprint density at radius 2 is 1.74 bits per heavy atom. The maximum atomic E-state index is 11.8. The number of likely N-dealkylation sites (N-methyl/N-ethyl adjacent to an activating group) is 1. The highest BCUT2D eigenvalue weighted by atomic mass is 16.6. The summed E-state index contributed by atoms with van der Waals surface area (Å²) in [4.78, 5) is 36.0. The van der Waals surface area contributed by atoms with Gasteiger partial charge >= 0.3 is 12.1 Å². The van der Waals surface area contributed by atoms with Crippen LogP contribution < -0.4 is 5.32 Å². The molecule has 1 atom stereocenters. The third kappa shape index (κ3) is 7.28. The van der Waals surface area contributed by atoms with Crippen molar-refractivity contribution in [3.63, 3.8) is 0 Å². The van der Waals surface area contributed by atoms with Gasteiger partial charge in [-0.1, -0.05) is 0 Å². The van der Waals surface area contributed by atoms with Crippen LogP contribution in [0.1, 0.15) is 27.2 Å². The lowest BCUT2D eigenvalue weighted by atomic mass is 10.2. The van der Waals surface area contributed by atoms with Gasteiger partial charge in [-0.3, -0.25) is 9.59 Å². The van der Waals surface area contributed by atoms with Gasteiger partial charge in [0, 0.05) is 14.1 Å². The van der Waals surface area contributed by atoms with E-state index in [2.05, 4.69) is 10.1 Å². The number of hydrogen-bond donors (Lipinski definition) is 1. The number of esters is 1. The van der Waals surface area contributed by atoms with Crippen molar-refractivity contribution in [2.45, 2.75) is 38.8 Å². The second kappa shape index (κ2) is 6.96. The number of carbonyl (C=O) groups excluding carboxylic acids is 3. The number of hydrogen-bond acceptors (Lipinski definition) is 5. The molecule has 0 radical (unpaired) electrons. The summed E-state index contributed by atoms with van der Waals surface area (Å²) >= 11 is 0. The molecule has 110 valence electrons. The maximum absolute atomic E-state index is 11.8. The zero-order valence-electron chi connectivity index (χ0n) is 12.3. The molecule has 0 spiro atoms. The van der Waals surface area contributed by atoms with E-state index in [0.717, 1.165) is 0 Å². The van der Waals surface area contributed by atoms with Crippen LogP contribution in [0.25, 0.3) is 0 Å². The molecule has 0 aliphatic carbocycles. The first kappa shape index (κ1) is 17.2. The summed E-state index contributed by atoms with van der Waals surface area (Å²) in [6.07, 6.45) is -0.996. The SMILES string of the molecule is COC(=O)C[C@H](NC(=O)OC(C)(C)C)C(=O)N(C)C. The molecule has 7 nitrogen and oxygen atoms in total. The fourth-order valence-corrected chi connectivity index (χ4v) is 1.21. The summed E-state index contributed by atoms with van der Waals surface area (Å²) in [5.41, 5.74) is -0.680. The second-order valence-electron chi connectivity index (χ2n) is 5.21. The zero-order chi connectivity index (χ0) is 15.2. The van der Waals surface area contributed by atoms with Gasteiger partial charge in [0.15, 0.2) is 0 Å². The van der Waals surface area contributed by atoms with Gasteiger partial charge in [-0.15, -0.1) is 0 Å². The number of amides is 2. The van der Waals surface area contributed by atoms with E-state index in [4.69, 9.17) is 4.74 Å². The van der Waals surface area contributed by atoms with Crippen molar-refractivity contribution in [1.82, 2.24) is 10.2 Å². The smallest absolute Gasteiger partial charge is 0.408 e. The van der Waals surface area contributed by atoms with Gasteiger partial charge in [-0.05, 0) is 20.8 Å². The summed E-state index contributed by atoms with van der Waals surface area (Å²) in [6, 6.07) is -1.00. The topological polar surface area (TPSA) is 84.9 Å². The first-order chi connectivity index (χ1) is 8.56. The first-order valence-corrected chi connectivity index (χ1v) is 5.84. The van der Waals surface area contributed by atoms with Crippen molar-refractivity contribution < 1.29 is 23.9 Å².